The van der Waals surface area contributed by atoms with Gasteiger partial charge in [0.15, 0.2) is 0 Å². The van der Waals surface area contributed by atoms with Gasteiger partial charge in [0.25, 0.3) is 0 Å². The van der Waals surface area contributed by atoms with Gasteiger partial charge in [-0.05, 0) is 74.5 Å². The molecule has 2 heteroatoms. The molecular weight excluding hydrogens is 306 g/mol. The molecule has 0 aromatic rings. The number of aliphatic hydroxyl groups excluding tert-OH is 1. The molecule has 1 N–H and O–H groups in total. The van der Waals surface area contributed by atoms with Gasteiger partial charge in [-0.15, -0.1) is 0 Å². The first-order chi connectivity index (χ1) is 11.9. The van der Waals surface area contributed by atoms with E-state index in [0.29, 0.717) is 29.8 Å². The third kappa shape index (κ3) is 2.18. The quantitative estimate of drug-likeness (QED) is 0.662. The van der Waals surface area contributed by atoms with Gasteiger partial charge in [-0.3, -0.25) is 0 Å². The lowest BCUT2D eigenvalue weighted by atomic mass is 9.45. The smallest absolute Gasteiger partial charge is 0.0699 e. The van der Waals surface area contributed by atoms with Crippen molar-refractivity contribution in [2.45, 2.75) is 85.0 Å². The second-order valence-electron chi connectivity index (χ2n) is 10.1. The molecule has 138 valence electrons. The van der Waals surface area contributed by atoms with Crippen molar-refractivity contribution < 1.29 is 5.11 Å². The molecule has 0 aromatic heterocycles. The van der Waals surface area contributed by atoms with Gasteiger partial charge >= 0.3 is 0 Å². The number of allylic oxidation sites excluding steroid dienone is 2. The van der Waals surface area contributed by atoms with Crippen LogP contribution < -0.4 is 0 Å². The highest BCUT2D eigenvalue weighted by Crippen LogP contribution is 2.68. The second kappa shape index (κ2) is 5.85. The first-order valence-corrected chi connectivity index (χ1v) is 10.7. The minimum atomic E-state index is -0.0891. The monoisotopic (exact) mass is 341 g/mol. The van der Waals surface area contributed by atoms with E-state index >= 15 is 0 Å². The van der Waals surface area contributed by atoms with Crippen LogP contribution in [-0.4, -0.2) is 11.7 Å². The molecule has 0 amide bonds. The first-order valence-electron chi connectivity index (χ1n) is 10.7. The fourth-order valence-corrected chi connectivity index (χ4v) is 7.82. The molecule has 0 spiro atoms. The summed E-state index contributed by atoms with van der Waals surface area (Å²) in [5.74, 6) is 1.80. The molecule has 4 rings (SSSR count). The SMILES string of the molecule is C[C@@H](CO)[C@H]1CC[C@H]2C3=C(CC[C@]12C)[C@@]1(C)CCCC[C@]1(C#N)CC3. The summed E-state index contributed by atoms with van der Waals surface area (Å²) >= 11 is 0. The molecule has 0 saturated heterocycles. The standard InChI is InChI=1S/C23H35NO/c1-16(14-25)18-6-7-19-17-8-13-23(15-24)11-5-4-10-22(23,3)20(17)9-12-21(18,19)2/h16,18-19,25H,4-14H2,1-3H3/t16-,18+,19-,21+,22+,23+/m0/s1. The van der Waals surface area contributed by atoms with Crippen molar-refractivity contribution in [3.63, 3.8) is 0 Å². The Morgan fingerprint density at radius 1 is 1.12 bits per heavy atom. The van der Waals surface area contributed by atoms with Crippen molar-refractivity contribution in [1.29, 1.82) is 5.26 Å². The zero-order valence-electron chi connectivity index (χ0n) is 16.4. The molecule has 2 fully saturated rings. The van der Waals surface area contributed by atoms with Crippen LogP contribution in [0.15, 0.2) is 11.1 Å². The van der Waals surface area contributed by atoms with Crippen LogP contribution in [0.25, 0.3) is 0 Å². The van der Waals surface area contributed by atoms with Gasteiger partial charge in [0, 0.05) is 12.0 Å². The van der Waals surface area contributed by atoms with Crippen molar-refractivity contribution in [3.05, 3.63) is 11.1 Å². The van der Waals surface area contributed by atoms with Crippen molar-refractivity contribution in [2.75, 3.05) is 6.61 Å². The predicted octanol–water partition coefficient (Wildman–Crippen LogP) is 5.62. The fraction of sp³-hybridized carbons (Fsp3) is 0.870. The van der Waals surface area contributed by atoms with E-state index in [1.807, 2.05) is 0 Å². The van der Waals surface area contributed by atoms with Gasteiger partial charge < -0.3 is 5.11 Å². The molecule has 0 heterocycles. The van der Waals surface area contributed by atoms with Crippen molar-refractivity contribution >= 4 is 0 Å². The third-order valence-electron chi connectivity index (χ3n) is 9.39. The molecule has 4 aliphatic carbocycles. The molecule has 0 radical (unpaired) electrons. The first kappa shape index (κ1) is 17.6. The molecule has 25 heavy (non-hydrogen) atoms. The summed E-state index contributed by atoms with van der Waals surface area (Å²) in [6.07, 6.45) is 12.2. The normalized spacial score (nSPS) is 47.5. The molecule has 0 aromatic carbocycles. The maximum absolute atomic E-state index is 10.1. The summed E-state index contributed by atoms with van der Waals surface area (Å²) in [5, 5.41) is 19.9. The minimum Gasteiger partial charge on any atom is -0.396 e. The van der Waals surface area contributed by atoms with Gasteiger partial charge in [-0.25, -0.2) is 0 Å². The number of hydrogen-bond donors (Lipinski definition) is 1. The van der Waals surface area contributed by atoms with E-state index in [0.717, 1.165) is 12.8 Å². The van der Waals surface area contributed by atoms with E-state index in [9.17, 15) is 10.4 Å². The number of hydrogen-bond acceptors (Lipinski definition) is 2. The molecule has 0 aliphatic heterocycles. The van der Waals surface area contributed by atoms with Crippen LogP contribution >= 0.6 is 0 Å². The van der Waals surface area contributed by atoms with E-state index < -0.39 is 0 Å². The summed E-state index contributed by atoms with van der Waals surface area (Å²) in [6.45, 7) is 7.52. The lowest BCUT2D eigenvalue weighted by Gasteiger charge is -2.57. The molecule has 0 unspecified atom stereocenters. The summed E-state index contributed by atoms with van der Waals surface area (Å²) in [7, 11) is 0. The van der Waals surface area contributed by atoms with E-state index in [4.69, 9.17) is 0 Å². The van der Waals surface area contributed by atoms with Crippen molar-refractivity contribution in [2.24, 2.45) is 34.0 Å². The van der Waals surface area contributed by atoms with Gasteiger partial charge in [0.1, 0.15) is 0 Å². The van der Waals surface area contributed by atoms with Crippen molar-refractivity contribution in [1.82, 2.24) is 0 Å². The Morgan fingerprint density at radius 2 is 1.88 bits per heavy atom. The minimum absolute atomic E-state index is 0.0891. The average Bonchev–Trinajstić information content (AvgIpc) is 2.98. The van der Waals surface area contributed by atoms with Gasteiger partial charge in [0.2, 0.25) is 0 Å². The Morgan fingerprint density at radius 3 is 2.60 bits per heavy atom. The van der Waals surface area contributed by atoms with E-state index in [-0.39, 0.29) is 10.8 Å². The van der Waals surface area contributed by atoms with Crippen LogP contribution in [0.4, 0.5) is 0 Å². The number of nitrogens with zero attached hydrogens (tertiary/aromatic N) is 1. The van der Waals surface area contributed by atoms with Crippen LogP contribution in [0, 0.1) is 45.3 Å². The second-order valence-corrected chi connectivity index (χ2v) is 10.1. The summed E-state index contributed by atoms with van der Waals surface area (Å²) in [6, 6.07) is 2.83. The molecular formula is C23H35NO. The van der Waals surface area contributed by atoms with E-state index in [1.54, 1.807) is 11.1 Å². The number of nitriles is 1. The van der Waals surface area contributed by atoms with Crippen LogP contribution in [0.3, 0.4) is 0 Å². The Hall–Kier alpha value is -0.810. The number of aliphatic hydroxyl groups is 1. The third-order valence-corrected chi connectivity index (χ3v) is 9.39. The largest absolute Gasteiger partial charge is 0.396 e. The maximum atomic E-state index is 10.1. The molecule has 2 saturated carbocycles. The maximum Gasteiger partial charge on any atom is 0.0699 e. The van der Waals surface area contributed by atoms with Crippen LogP contribution in [0.1, 0.15) is 85.0 Å². The van der Waals surface area contributed by atoms with Gasteiger partial charge in [-0.2, -0.15) is 5.26 Å². The topological polar surface area (TPSA) is 44.0 Å². The Bertz CT molecular complexity index is 630. The highest BCUT2D eigenvalue weighted by Gasteiger charge is 2.59. The fourth-order valence-electron chi connectivity index (χ4n) is 7.82. The Kier molecular flexibility index (Phi) is 4.12. The van der Waals surface area contributed by atoms with Crippen LogP contribution in [-0.2, 0) is 0 Å². The summed E-state index contributed by atoms with van der Waals surface area (Å²) in [5.41, 5.74) is 3.89. The lowest BCUT2D eigenvalue weighted by molar-refractivity contribution is 0.0274. The Balaban J connectivity index is 1.75. The molecule has 2 nitrogen and oxygen atoms in total. The summed E-state index contributed by atoms with van der Waals surface area (Å²) in [4.78, 5) is 0. The Labute approximate surface area is 153 Å². The predicted molar refractivity (Wildman–Crippen MR) is 101 cm³/mol. The zero-order chi connectivity index (χ0) is 17.9. The van der Waals surface area contributed by atoms with E-state index in [2.05, 4.69) is 26.8 Å². The zero-order valence-corrected chi connectivity index (χ0v) is 16.4. The van der Waals surface area contributed by atoms with Gasteiger partial charge in [-0.1, -0.05) is 44.8 Å². The van der Waals surface area contributed by atoms with Gasteiger partial charge in [0.05, 0.1) is 11.5 Å². The molecule has 4 aliphatic rings. The van der Waals surface area contributed by atoms with E-state index in [1.165, 1.54) is 51.4 Å². The van der Waals surface area contributed by atoms with Crippen molar-refractivity contribution in [3.8, 4) is 6.07 Å². The number of fused-ring (bicyclic) bond motifs is 4. The summed E-state index contributed by atoms with van der Waals surface area (Å²) < 4.78 is 0. The number of rotatable bonds is 2. The lowest BCUT2D eigenvalue weighted by Crippen LogP contribution is -2.49. The molecule has 6 atom stereocenters. The highest BCUT2D eigenvalue weighted by atomic mass is 16.3. The van der Waals surface area contributed by atoms with Crippen LogP contribution in [0.2, 0.25) is 0 Å². The van der Waals surface area contributed by atoms with Crippen LogP contribution in [0.5, 0.6) is 0 Å². The highest BCUT2D eigenvalue weighted by molar-refractivity contribution is 5.38. The molecule has 0 bridgehead atoms. The average molecular weight is 342 g/mol.